The van der Waals surface area contributed by atoms with E-state index in [0.29, 0.717) is 16.7 Å². The molecule has 0 N–H and O–H groups in total. The maximum atomic E-state index is 5.93. The lowest BCUT2D eigenvalue weighted by Crippen LogP contribution is -1.96. The summed E-state index contributed by atoms with van der Waals surface area (Å²) in [4.78, 5) is 13.6. The quantitative estimate of drug-likeness (QED) is 0.316. The topological polar surface area (TPSA) is 47.4 Å². The molecule has 0 saturated heterocycles. The van der Waals surface area contributed by atoms with E-state index in [9.17, 15) is 0 Å². The molecule has 0 aliphatic rings. The van der Waals surface area contributed by atoms with Crippen molar-refractivity contribution in [3.8, 4) is 11.6 Å². The number of fused-ring (bicyclic) bond motifs is 1. The van der Waals surface area contributed by atoms with Crippen molar-refractivity contribution < 1.29 is 4.74 Å². The van der Waals surface area contributed by atoms with Crippen LogP contribution in [-0.2, 0) is 0 Å². The van der Waals surface area contributed by atoms with Crippen molar-refractivity contribution >= 4 is 50.5 Å². The summed E-state index contributed by atoms with van der Waals surface area (Å²) in [6.45, 7) is 1.88. The molecule has 0 unspecified atom stereocenters. The SMILES string of the molecule is Cc1nc2cc(Br)ccc2nc1Oc1ccc(C=Nc2ccc(Cl)cc2)cc1. The van der Waals surface area contributed by atoms with Crippen molar-refractivity contribution in [2.24, 2.45) is 4.99 Å². The summed E-state index contributed by atoms with van der Waals surface area (Å²) in [7, 11) is 0. The Balaban J connectivity index is 1.51. The van der Waals surface area contributed by atoms with Gasteiger partial charge in [-0.2, -0.15) is 0 Å². The Morgan fingerprint density at radius 1 is 0.929 bits per heavy atom. The van der Waals surface area contributed by atoms with E-state index >= 15 is 0 Å². The van der Waals surface area contributed by atoms with Crippen LogP contribution in [0.25, 0.3) is 11.0 Å². The molecule has 1 aromatic heterocycles. The van der Waals surface area contributed by atoms with Gasteiger partial charge in [-0.05, 0) is 79.2 Å². The van der Waals surface area contributed by atoms with Gasteiger partial charge in [0.25, 0.3) is 0 Å². The van der Waals surface area contributed by atoms with Crippen LogP contribution in [-0.4, -0.2) is 16.2 Å². The molecule has 3 aromatic carbocycles. The van der Waals surface area contributed by atoms with Crippen LogP contribution in [0.4, 0.5) is 5.69 Å². The molecule has 4 aromatic rings. The minimum atomic E-state index is 0.498. The van der Waals surface area contributed by atoms with E-state index in [0.717, 1.165) is 32.5 Å². The lowest BCUT2D eigenvalue weighted by Gasteiger charge is -2.09. The minimum absolute atomic E-state index is 0.498. The highest BCUT2D eigenvalue weighted by molar-refractivity contribution is 9.10. The Labute approximate surface area is 176 Å². The number of hydrogen-bond acceptors (Lipinski definition) is 4. The van der Waals surface area contributed by atoms with Crippen LogP contribution in [0.15, 0.2) is 76.2 Å². The second-order valence-electron chi connectivity index (χ2n) is 6.15. The molecular formula is C22H15BrClN3O. The first kappa shape index (κ1) is 18.6. The fourth-order valence-electron chi connectivity index (χ4n) is 2.61. The molecule has 0 bridgehead atoms. The molecule has 1 heterocycles. The number of halogens is 2. The number of aliphatic imine (C=N–C) groups is 1. The summed E-state index contributed by atoms with van der Waals surface area (Å²) in [5.41, 5.74) is 4.16. The summed E-state index contributed by atoms with van der Waals surface area (Å²) in [6.07, 6.45) is 1.80. The molecular weight excluding hydrogens is 438 g/mol. The lowest BCUT2D eigenvalue weighted by molar-refractivity contribution is 0.458. The van der Waals surface area contributed by atoms with Crippen LogP contribution >= 0.6 is 27.5 Å². The number of benzene rings is 3. The molecule has 0 fully saturated rings. The zero-order valence-electron chi connectivity index (χ0n) is 14.9. The van der Waals surface area contributed by atoms with Gasteiger partial charge < -0.3 is 4.74 Å². The molecule has 138 valence electrons. The molecule has 0 radical (unpaired) electrons. The molecule has 0 aliphatic heterocycles. The van der Waals surface area contributed by atoms with Gasteiger partial charge in [-0.15, -0.1) is 0 Å². The number of aryl methyl sites for hydroxylation is 1. The van der Waals surface area contributed by atoms with Crippen LogP contribution < -0.4 is 4.74 Å². The van der Waals surface area contributed by atoms with Crippen molar-refractivity contribution in [3.05, 3.63) is 87.5 Å². The summed E-state index contributed by atoms with van der Waals surface area (Å²) in [5.74, 6) is 1.19. The molecule has 0 spiro atoms. The maximum absolute atomic E-state index is 5.93. The van der Waals surface area contributed by atoms with Crippen molar-refractivity contribution in [2.75, 3.05) is 0 Å². The molecule has 4 nitrogen and oxygen atoms in total. The highest BCUT2D eigenvalue weighted by atomic mass is 79.9. The van der Waals surface area contributed by atoms with Crippen molar-refractivity contribution in [2.45, 2.75) is 6.92 Å². The van der Waals surface area contributed by atoms with Crippen molar-refractivity contribution in [3.63, 3.8) is 0 Å². The standard InChI is InChI=1S/C22H15BrClN3O/c1-14-22(27-20-11-4-16(23)12-21(20)26-14)28-19-9-2-15(3-10-19)13-25-18-7-5-17(24)6-8-18/h2-13H,1H3. The number of aromatic nitrogens is 2. The number of rotatable bonds is 4. The molecule has 0 amide bonds. The predicted octanol–water partition coefficient (Wildman–Crippen LogP) is 6.90. The summed E-state index contributed by atoms with van der Waals surface area (Å²) in [6, 6.07) is 20.8. The molecule has 28 heavy (non-hydrogen) atoms. The summed E-state index contributed by atoms with van der Waals surface area (Å²) < 4.78 is 6.90. The van der Waals surface area contributed by atoms with E-state index in [1.54, 1.807) is 6.21 Å². The van der Waals surface area contributed by atoms with Crippen LogP contribution in [0.1, 0.15) is 11.3 Å². The molecule has 0 atom stereocenters. The highest BCUT2D eigenvalue weighted by Crippen LogP contribution is 2.26. The first-order valence-corrected chi connectivity index (χ1v) is 9.75. The van der Waals surface area contributed by atoms with Crippen LogP contribution in [0, 0.1) is 6.92 Å². The van der Waals surface area contributed by atoms with E-state index in [-0.39, 0.29) is 0 Å². The third-order valence-corrected chi connectivity index (χ3v) is 4.79. The minimum Gasteiger partial charge on any atom is -0.437 e. The van der Waals surface area contributed by atoms with E-state index in [1.807, 2.05) is 73.7 Å². The maximum Gasteiger partial charge on any atom is 0.241 e. The Kier molecular flexibility index (Phi) is 5.37. The number of ether oxygens (including phenoxy) is 1. The number of nitrogens with zero attached hydrogens (tertiary/aromatic N) is 3. The van der Waals surface area contributed by atoms with Gasteiger partial charge in [0.05, 0.1) is 16.7 Å². The van der Waals surface area contributed by atoms with Crippen LogP contribution in [0.5, 0.6) is 11.6 Å². The lowest BCUT2D eigenvalue weighted by atomic mass is 10.2. The van der Waals surface area contributed by atoms with Gasteiger partial charge in [0.15, 0.2) is 0 Å². The van der Waals surface area contributed by atoms with Gasteiger partial charge in [0.1, 0.15) is 11.4 Å². The van der Waals surface area contributed by atoms with Crippen LogP contribution in [0.2, 0.25) is 5.02 Å². The fraction of sp³-hybridized carbons (Fsp3) is 0.0455. The Hall–Kier alpha value is -2.76. The van der Waals surface area contributed by atoms with E-state index in [1.165, 1.54) is 0 Å². The van der Waals surface area contributed by atoms with Gasteiger partial charge >= 0.3 is 0 Å². The highest BCUT2D eigenvalue weighted by Gasteiger charge is 2.08. The molecule has 0 aliphatic carbocycles. The van der Waals surface area contributed by atoms with Gasteiger partial charge in [-0.25, -0.2) is 9.97 Å². The largest absolute Gasteiger partial charge is 0.437 e. The van der Waals surface area contributed by atoms with Gasteiger partial charge in [0, 0.05) is 15.7 Å². The van der Waals surface area contributed by atoms with Crippen molar-refractivity contribution in [1.82, 2.24) is 9.97 Å². The first-order chi connectivity index (χ1) is 13.6. The monoisotopic (exact) mass is 451 g/mol. The Morgan fingerprint density at radius 3 is 2.43 bits per heavy atom. The Morgan fingerprint density at radius 2 is 1.68 bits per heavy atom. The average Bonchev–Trinajstić information content (AvgIpc) is 2.69. The van der Waals surface area contributed by atoms with E-state index in [2.05, 4.69) is 30.9 Å². The van der Waals surface area contributed by atoms with E-state index < -0.39 is 0 Å². The third kappa shape index (κ3) is 4.38. The Bertz CT molecular complexity index is 1160. The van der Waals surface area contributed by atoms with Crippen molar-refractivity contribution in [1.29, 1.82) is 0 Å². The predicted molar refractivity (Wildman–Crippen MR) is 117 cm³/mol. The van der Waals surface area contributed by atoms with E-state index in [4.69, 9.17) is 16.3 Å². The second-order valence-corrected chi connectivity index (χ2v) is 7.51. The fourth-order valence-corrected chi connectivity index (χ4v) is 3.08. The van der Waals surface area contributed by atoms with Gasteiger partial charge in [-0.1, -0.05) is 27.5 Å². The zero-order valence-corrected chi connectivity index (χ0v) is 17.3. The smallest absolute Gasteiger partial charge is 0.241 e. The molecule has 0 saturated carbocycles. The van der Waals surface area contributed by atoms with Gasteiger partial charge in [-0.3, -0.25) is 4.99 Å². The second kappa shape index (κ2) is 8.09. The summed E-state index contributed by atoms with van der Waals surface area (Å²) in [5, 5.41) is 0.695. The first-order valence-electron chi connectivity index (χ1n) is 8.58. The summed E-state index contributed by atoms with van der Waals surface area (Å²) >= 11 is 9.34. The normalized spacial score (nSPS) is 11.2. The average molecular weight is 453 g/mol. The zero-order chi connectivity index (χ0) is 19.5. The number of hydrogen-bond donors (Lipinski definition) is 0. The molecule has 6 heteroatoms. The third-order valence-electron chi connectivity index (χ3n) is 4.04. The van der Waals surface area contributed by atoms with Gasteiger partial charge in [0.2, 0.25) is 5.88 Å². The molecule has 4 rings (SSSR count). The van der Waals surface area contributed by atoms with Crippen LogP contribution in [0.3, 0.4) is 0 Å².